The molecule has 0 saturated carbocycles. The van der Waals surface area contributed by atoms with Crippen LogP contribution < -0.4 is 10.6 Å². The van der Waals surface area contributed by atoms with Gasteiger partial charge in [-0.2, -0.15) is 11.3 Å². The average molecular weight is 589 g/mol. The summed E-state index contributed by atoms with van der Waals surface area (Å²) in [7, 11) is 0. The van der Waals surface area contributed by atoms with Gasteiger partial charge in [0.05, 0.1) is 12.1 Å². The molecule has 0 spiro atoms. The smallest absolute Gasteiger partial charge is 0.159 e. The average Bonchev–Trinajstić information content (AvgIpc) is 3.83. The molecular formula is C38H40N2O2S. The molecule has 0 saturated heterocycles. The molecule has 0 fully saturated rings. The van der Waals surface area contributed by atoms with Gasteiger partial charge in [-0.05, 0) is 134 Å². The Morgan fingerprint density at radius 1 is 0.767 bits per heavy atom. The van der Waals surface area contributed by atoms with E-state index in [4.69, 9.17) is 0 Å². The van der Waals surface area contributed by atoms with Gasteiger partial charge in [0.2, 0.25) is 0 Å². The summed E-state index contributed by atoms with van der Waals surface area (Å²) >= 11 is 1.75. The van der Waals surface area contributed by atoms with Crippen LogP contribution >= 0.6 is 11.3 Å². The Bertz CT molecular complexity index is 1630. The molecule has 8 rings (SSSR count). The molecule has 6 atom stereocenters. The molecule has 3 aliphatic carbocycles. The van der Waals surface area contributed by atoms with Gasteiger partial charge in [0.25, 0.3) is 0 Å². The van der Waals surface area contributed by atoms with E-state index in [0.717, 1.165) is 24.0 Å². The first-order valence-electron chi connectivity index (χ1n) is 15.8. The lowest BCUT2D eigenvalue weighted by Crippen LogP contribution is -2.37. The van der Waals surface area contributed by atoms with Crippen molar-refractivity contribution in [1.29, 1.82) is 0 Å². The number of benzene rings is 2. The quantitative estimate of drug-likeness (QED) is 0.235. The third-order valence-corrected chi connectivity index (χ3v) is 10.9. The van der Waals surface area contributed by atoms with Gasteiger partial charge in [-0.25, -0.2) is 0 Å². The molecule has 1 aromatic heterocycles. The van der Waals surface area contributed by atoms with Crippen LogP contribution in [0.5, 0.6) is 0 Å². The number of carbonyl (C=O) groups is 2. The van der Waals surface area contributed by atoms with Gasteiger partial charge in [0.1, 0.15) is 0 Å². The molecule has 3 aromatic rings. The maximum absolute atomic E-state index is 11.7. The first-order chi connectivity index (χ1) is 21.0. The number of thiophene rings is 1. The topological polar surface area (TPSA) is 58.2 Å². The summed E-state index contributed by atoms with van der Waals surface area (Å²) in [5, 5.41) is 11.9. The van der Waals surface area contributed by atoms with E-state index in [-0.39, 0.29) is 11.6 Å². The molecule has 43 heavy (non-hydrogen) atoms. The standard InChI is InChI=1S/C20H23NO.C18H17NOS/c1-13(22)15-10-11-19-18(12-15)16-8-5-9-17(16)20(21-19)14-6-3-2-4-7-14;1-11(20)12-5-6-17-16(9-12)14-3-2-4-15(14)18(19-17)13-7-8-21-10-13/h5-6,8,10-12,16-17,20-21H,2-4,7,9H2,1H3;2-3,5-10,14-15,18-19H,4H2,1H3/t16-,17+,20+;14-,15+,18+/m11/s1. The first-order valence-corrected chi connectivity index (χ1v) is 16.8. The highest BCUT2D eigenvalue weighted by Crippen LogP contribution is 2.50. The summed E-state index contributed by atoms with van der Waals surface area (Å²) in [5.74, 6) is 2.33. The Kier molecular flexibility index (Phi) is 7.69. The van der Waals surface area contributed by atoms with Gasteiger partial charge in [0, 0.05) is 34.3 Å². The third kappa shape index (κ3) is 5.33. The zero-order valence-corrected chi connectivity index (χ0v) is 25.8. The molecule has 5 aliphatic rings. The number of hydrogen-bond acceptors (Lipinski definition) is 5. The summed E-state index contributed by atoms with van der Waals surface area (Å²) in [4.78, 5) is 23.3. The normalized spacial score (nSPS) is 27.7. The fourth-order valence-corrected chi connectivity index (χ4v) is 8.62. The Balaban J connectivity index is 0.000000140. The number of anilines is 2. The number of rotatable bonds is 4. The number of carbonyl (C=O) groups excluding carboxylic acids is 2. The second kappa shape index (κ2) is 11.8. The molecule has 0 radical (unpaired) electrons. The van der Waals surface area contributed by atoms with Gasteiger partial charge in [-0.15, -0.1) is 0 Å². The molecule has 4 nitrogen and oxygen atoms in total. The third-order valence-electron chi connectivity index (χ3n) is 10.2. The number of ketones is 2. The fourth-order valence-electron chi connectivity index (χ4n) is 7.92. The van der Waals surface area contributed by atoms with E-state index in [1.165, 1.54) is 53.7 Å². The molecule has 3 heterocycles. The number of fused-ring (bicyclic) bond motifs is 6. The number of nitrogens with one attached hydrogen (secondary N) is 2. The molecule has 0 unspecified atom stereocenters. The lowest BCUT2D eigenvalue weighted by atomic mass is 9.74. The van der Waals surface area contributed by atoms with Crippen LogP contribution in [0.4, 0.5) is 11.4 Å². The monoisotopic (exact) mass is 588 g/mol. The Hall–Kier alpha value is -3.70. The minimum Gasteiger partial charge on any atom is -0.378 e. The van der Waals surface area contributed by atoms with Crippen LogP contribution in [0, 0.1) is 11.8 Å². The van der Waals surface area contributed by atoms with Crippen molar-refractivity contribution in [3.8, 4) is 0 Å². The minimum atomic E-state index is 0.135. The van der Waals surface area contributed by atoms with Crippen LogP contribution in [0.2, 0.25) is 0 Å². The molecule has 0 amide bonds. The zero-order valence-electron chi connectivity index (χ0n) is 25.0. The maximum Gasteiger partial charge on any atom is 0.159 e. The van der Waals surface area contributed by atoms with Gasteiger partial charge < -0.3 is 10.6 Å². The van der Waals surface area contributed by atoms with Crippen LogP contribution in [0.3, 0.4) is 0 Å². The van der Waals surface area contributed by atoms with Crippen LogP contribution in [0.25, 0.3) is 0 Å². The molecule has 2 aliphatic heterocycles. The highest BCUT2D eigenvalue weighted by molar-refractivity contribution is 7.08. The first kappa shape index (κ1) is 28.1. The van der Waals surface area contributed by atoms with Crippen molar-refractivity contribution in [2.24, 2.45) is 11.8 Å². The SMILES string of the molecule is CC(=O)c1ccc2c(c1)[C@@H]1C=CC[C@@H]1[C@H](C1=CCCCC1)N2.CC(=O)c1ccc2c(c1)[C@@H]1C=CC[C@@H]1[C@H](c1ccsc1)N2. The highest BCUT2D eigenvalue weighted by Gasteiger charge is 2.39. The Morgan fingerprint density at radius 2 is 1.37 bits per heavy atom. The van der Waals surface area contributed by atoms with Gasteiger partial charge >= 0.3 is 0 Å². The van der Waals surface area contributed by atoms with Crippen molar-refractivity contribution in [2.45, 2.75) is 76.3 Å². The predicted molar refractivity (Wildman–Crippen MR) is 178 cm³/mol. The van der Waals surface area contributed by atoms with E-state index in [0.29, 0.717) is 35.8 Å². The van der Waals surface area contributed by atoms with Crippen molar-refractivity contribution < 1.29 is 9.59 Å². The zero-order chi connectivity index (χ0) is 29.5. The van der Waals surface area contributed by atoms with Crippen molar-refractivity contribution in [3.63, 3.8) is 0 Å². The fraction of sp³-hybridized carbons (Fsp3) is 0.368. The lowest BCUT2D eigenvalue weighted by molar-refractivity contribution is 0.100. The van der Waals surface area contributed by atoms with E-state index in [2.05, 4.69) is 82.1 Å². The summed E-state index contributed by atoms with van der Waals surface area (Å²) in [6.45, 7) is 3.28. The second-order valence-corrected chi connectivity index (χ2v) is 13.5. The molecule has 220 valence electrons. The van der Waals surface area contributed by atoms with Crippen LogP contribution in [-0.4, -0.2) is 17.6 Å². The van der Waals surface area contributed by atoms with Crippen molar-refractivity contribution in [1.82, 2.24) is 0 Å². The van der Waals surface area contributed by atoms with Crippen LogP contribution in [0.15, 0.2) is 89.2 Å². The van der Waals surface area contributed by atoms with Gasteiger partial charge in [-0.3, -0.25) is 9.59 Å². The number of hydrogen-bond donors (Lipinski definition) is 2. The lowest BCUT2D eigenvalue weighted by Gasteiger charge is -2.39. The molecule has 2 N–H and O–H groups in total. The van der Waals surface area contributed by atoms with Gasteiger partial charge in [-0.1, -0.05) is 36.0 Å². The summed E-state index contributed by atoms with van der Waals surface area (Å²) < 4.78 is 0. The minimum absolute atomic E-state index is 0.135. The number of Topliss-reactive ketones (excluding diaryl/α,β-unsaturated/α-hetero) is 2. The van der Waals surface area contributed by atoms with E-state index < -0.39 is 0 Å². The second-order valence-electron chi connectivity index (χ2n) is 12.7. The van der Waals surface area contributed by atoms with Crippen molar-refractivity contribution in [3.05, 3.63) is 117 Å². The Labute approximate surface area is 259 Å². The van der Waals surface area contributed by atoms with Crippen LogP contribution in [0.1, 0.15) is 108 Å². The summed E-state index contributed by atoms with van der Waals surface area (Å²) in [6, 6.07) is 15.3. The van der Waals surface area contributed by atoms with E-state index in [1.54, 1.807) is 30.8 Å². The van der Waals surface area contributed by atoms with Crippen molar-refractivity contribution in [2.75, 3.05) is 10.6 Å². The molecule has 0 bridgehead atoms. The molecular weight excluding hydrogens is 548 g/mol. The summed E-state index contributed by atoms with van der Waals surface area (Å²) in [6.07, 6.45) is 19.1. The molecule has 2 aromatic carbocycles. The van der Waals surface area contributed by atoms with E-state index >= 15 is 0 Å². The van der Waals surface area contributed by atoms with E-state index in [9.17, 15) is 9.59 Å². The highest BCUT2D eigenvalue weighted by atomic mass is 32.1. The molecule has 5 heteroatoms. The predicted octanol–water partition coefficient (Wildman–Crippen LogP) is 9.62. The van der Waals surface area contributed by atoms with Crippen LogP contribution in [-0.2, 0) is 0 Å². The van der Waals surface area contributed by atoms with Gasteiger partial charge in [0.15, 0.2) is 11.6 Å². The summed E-state index contributed by atoms with van der Waals surface area (Å²) in [5.41, 5.74) is 9.58. The number of allylic oxidation sites excluding steroid dienone is 5. The Morgan fingerprint density at radius 3 is 1.91 bits per heavy atom. The van der Waals surface area contributed by atoms with Crippen molar-refractivity contribution >= 4 is 34.3 Å². The maximum atomic E-state index is 11.7. The largest absolute Gasteiger partial charge is 0.378 e. The van der Waals surface area contributed by atoms with E-state index in [1.807, 2.05) is 12.1 Å².